The Bertz CT molecular complexity index is 860. The first-order valence-electron chi connectivity index (χ1n) is 6.59. The summed E-state index contributed by atoms with van der Waals surface area (Å²) in [6.45, 7) is 2.02. The molecule has 4 nitrogen and oxygen atoms in total. The van der Waals surface area contributed by atoms with Gasteiger partial charge in [0.05, 0.1) is 22.3 Å². The van der Waals surface area contributed by atoms with Crippen LogP contribution in [0.2, 0.25) is 5.02 Å². The molecule has 3 rings (SSSR count). The highest BCUT2D eigenvalue weighted by molar-refractivity contribution is 7.22. The largest absolute Gasteiger partial charge is 0.495 e. The average Bonchev–Trinajstić information content (AvgIpc) is 2.88. The lowest BCUT2D eigenvalue weighted by Gasteiger charge is -2.05. The van der Waals surface area contributed by atoms with E-state index in [4.69, 9.17) is 16.3 Å². The number of anilines is 1. The standard InChI is InChI=1S/C16H13ClN2O2S/c1-9-3-5-12-14(7-9)22-16(18-12)19-15(20)10-4-6-13(21-2)11(17)8-10/h3-8H,1-2H3,(H,18,19,20). The Morgan fingerprint density at radius 1 is 1.27 bits per heavy atom. The molecule has 1 heterocycles. The number of fused-ring (bicyclic) bond motifs is 1. The maximum Gasteiger partial charge on any atom is 0.257 e. The van der Waals surface area contributed by atoms with Crippen molar-refractivity contribution in [2.75, 3.05) is 12.4 Å². The molecule has 0 radical (unpaired) electrons. The van der Waals surface area contributed by atoms with Gasteiger partial charge < -0.3 is 4.74 Å². The van der Waals surface area contributed by atoms with E-state index in [1.165, 1.54) is 18.4 Å². The lowest BCUT2D eigenvalue weighted by atomic mass is 10.2. The molecule has 0 unspecified atom stereocenters. The Morgan fingerprint density at radius 3 is 2.82 bits per heavy atom. The number of thiazole rings is 1. The van der Waals surface area contributed by atoms with Gasteiger partial charge in [-0.1, -0.05) is 29.0 Å². The van der Waals surface area contributed by atoms with Crippen molar-refractivity contribution >= 4 is 44.2 Å². The molecule has 0 atom stereocenters. The summed E-state index contributed by atoms with van der Waals surface area (Å²) in [5, 5.41) is 3.77. The van der Waals surface area contributed by atoms with E-state index in [1.54, 1.807) is 18.2 Å². The predicted molar refractivity (Wildman–Crippen MR) is 90.3 cm³/mol. The average molecular weight is 333 g/mol. The second-order valence-corrected chi connectivity index (χ2v) is 6.23. The summed E-state index contributed by atoms with van der Waals surface area (Å²) in [5.41, 5.74) is 2.50. The molecule has 0 saturated carbocycles. The van der Waals surface area contributed by atoms with Crippen LogP contribution in [-0.4, -0.2) is 18.0 Å². The molecule has 0 spiro atoms. The fourth-order valence-electron chi connectivity index (χ4n) is 2.06. The zero-order chi connectivity index (χ0) is 15.7. The molecule has 2 aromatic carbocycles. The third-order valence-corrected chi connectivity index (χ3v) is 4.41. The van der Waals surface area contributed by atoms with Crippen LogP contribution in [-0.2, 0) is 0 Å². The van der Waals surface area contributed by atoms with Crippen LogP contribution in [0.4, 0.5) is 5.13 Å². The summed E-state index contributed by atoms with van der Waals surface area (Å²) < 4.78 is 6.12. The summed E-state index contributed by atoms with van der Waals surface area (Å²) in [6, 6.07) is 10.9. The topological polar surface area (TPSA) is 51.2 Å². The Morgan fingerprint density at radius 2 is 2.09 bits per heavy atom. The summed E-state index contributed by atoms with van der Waals surface area (Å²) in [4.78, 5) is 16.7. The van der Waals surface area contributed by atoms with Crippen LogP contribution >= 0.6 is 22.9 Å². The van der Waals surface area contributed by atoms with Crippen LogP contribution in [0.25, 0.3) is 10.2 Å². The fourth-order valence-corrected chi connectivity index (χ4v) is 3.28. The summed E-state index contributed by atoms with van der Waals surface area (Å²) in [6.07, 6.45) is 0. The van der Waals surface area contributed by atoms with Gasteiger partial charge in [-0.25, -0.2) is 4.98 Å². The van der Waals surface area contributed by atoms with E-state index < -0.39 is 0 Å². The highest BCUT2D eigenvalue weighted by Gasteiger charge is 2.12. The van der Waals surface area contributed by atoms with E-state index in [1.807, 2.05) is 25.1 Å². The van der Waals surface area contributed by atoms with Gasteiger partial charge in [-0.15, -0.1) is 0 Å². The maximum absolute atomic E-state index is 12.3. The second kappa shape index (κ2) is 5.94. The minimum absolute atomic E-state index is 0.250. The summed E-state index contributed by atoms with van der Waals surface area (Å²) in [7, 11) is 1.53. The Kier molecular flexibility index (Phi) is 4.00. The maximum atomic E-state index is 12.3. The number of benzene rings is 2. The van der Waals surface area contributed by atoms with Crippen LogP contribution in [0.5, 0.6) is 5.75 Å². The zero-order valence-electron chi connectivity index (χ0n) is 12.0. The van der Waals surface area contributed by atoms with E-state index in [-0.39, 0.29) is 5.91 Å². The number of hydrogen-bond donors (Lipinski definition) is 1. The lowest BCUT2D eigenvalue weighted by molar-refractivity contribution is 0.102. The number of ether oxygens (including phenoxy) is 1. The molecule has 1 N–H and O–H groups in total. The zero-order valence-corrected chi connectivity index (χ0v) is 13.6. The highest BCUT2D eigenvalue weighted by atomic mass is 35.5. The number of amides is 1. The van der Waals surface area contributed by atoms with Gasteiger partial charge in [0.15, 0.2) is 5.13 Å². The number of carbonyl (C=O) groups is 1. The van der Waals surface area contributed by atoms with Crippen LogP contribution in [0.1, 0.15) is 15.9 Å². The van der Waals surface area contributed by atoms with E-state index in [2.05, 4.69) is 10.3 Å². The van der Waals surface area contributed by atoms with Gasteiger partial charge in [-0.2, -0.15) is 0 Å². The van der Waals surface area contributed by atoms with Crippen LogP contribution in [0.15, 0.2) is 36.4 Å². The summed E-state index contributed by atoms with van der Waals surface area (Å²) >= 11 is 7.49. The number of methoxy groups -OCH3 is 1. The molecule has 1 aromatic heterocycles. The molecular formula is C16H13ClN2O2S. The second-order valence-electron chi connectivity index (χ2n) is 4.79. The molecule has 0 aliphatic rings. The molecular weight excluding hydrogens is 320 g/mol. The number of carbonyl (C=O) groups excluding carboxylic acids is 1. The summed E-state index contributed by atoms with van der Waals surface area (Å²) in [5.74, 6) is 0.286. The number of hydrogen-bond acceptors (Lipinski definition) is 4. The van der Waals surface area contributed by atoms with E-state index >= 15 is 0 Å². The van der Waals surface area contributed by atoms with Gasteiger partial charge >= 0.3 is 0 Å². The molecule has 112 valence electrons. The van der Waals surface area contributed by atoms with Crippen molar-refractivity contribution < 1.29 is 9.53 Å². The van der Waals surface area contributed by atoms with Crippen molar-refractivity contribution in [1.82, 2.24) is 4.98 Å². The minimum Gasteiger partial charge on any atom is -0.495 e. The number of nitrogens with one attached hydrogen (secondary N) is 1. The molecule has 0 aliphatic carbocycles. The Hall–Kier alpha value is -2.11. The third kappa shape index (κ3) is 2.91. The Balaban J connectivity index is 1.84. The van der Waals surface area contributed by atoms with E-state index in [0.717, 1.165) is 15.8 Å². The first kappa shape index (κ1) is 14.8. The number of nitrogens with zero attached hydrogens (tertiary/aromatic N) is 1. The Labute approximate surface area is 136 Å². The minimum atomic E-state index is -0.250. The number of halogens is 1. The number of aryl methyl sites for hydroxylation is 1. The van der Waals surface area contributed by atoms with Crippen LogP contribution < -0.4 is 10.1 Å². The van der Waals surface area contributed by atoms with Gasteiger partial charge in [0.25, 0.3) is 5.91 Å². The quantitative estimate of drug-likeness (QED) is 0.767. The number of rotatable bonds is 3. The van der Waals surface area contributed by atoms with Gasteiger partial charge in [0, 0.05) is 5.56 Å². The van der Waals surface area contributed by atoms with E-state index in [0.29, 0.717) is 21.5 Å². The first-order valence-corrected chi connectivity index (χ1v) is 7.78. The highest BCUT2D eigenvalue weighted by Crippen LogP contribution is 2.28. The van der Waals surface area contributed by atoms with Crippen molar-refractivity contribution in [2.24, 2.45) is 0 Å². The van der Waals surface area contributed by atoms with Gasteiger partial charge in [0.1, 0.15) is 5.75 Å². The molecule has 0 fully saturated rings. The molecule has 22 heavy (non-hydrogen) atoms. The fraction of sp³-hybridized carbons (Fsp3) is 0.125. The van der Waals surface area contributed by atoms with Gasteiger partial charge in [-0.3, -0.25) is 10.1 Å². The van der Waals surface area contributed by atoms with Crippen molar-refractivity contribution in [3.05, 3.63) is 52.5 Å². The van der Waals surface area contributed by atoms with Gasteiger partial charge in [0.2, 0.25) is 0 Å². The first-order chi connectivity index (χ1) is 10.6. The molecule has 6 heteroatoms. The van der Waals surface area contributed by atoms with Crippen molar-refractivity contribution in [3.63, 3.8) is 0 Å². The normalized spacial score (nSPS) is 10.7. The van der Waals surface area contributed by atoms with Crippen molar-refractivity contribution in [3.8, 4) is 5.75 Å². The van der Waals surface area contributed by atoms with Gasteiger partial charge in [-0.05, 0) is 42.8 Å². The molecule has 3 aromatic rings. The monoisotopic (exact) mass is 332 g/mol. The SMILES string of the molecule is COc1ccc(C(=O)Nc2nc3ccc(C)cc3s2)cc1Cl. The molecule has 0 saturated heterocycles. The van der Waals surface area contributed by atoms with E-state index in [9.17, 15) is 4.79 Å². The third-order valence-electron chi connectivity index (χ3n) is 3.18. The van der Waals surface area contributed by atoms with Crippen LogP contribution in [0, 0.1) is 6.92 Å². The number of aromatic nitrogens is 1. The molecule has 0 aliphatic heterocycles. The van der Waals surface area contributed by atoms with Crippen molar-refractivity contribution in [2.45, 2.75) is 6.92 Å². The molecule has 0 bridgehead atoms. The lowest BCUT2D eigenvalue weighted by Crippen LogP contribution is -2.11. The van der Waals surface area contributed by atoms with Crippen LogP contribution in [0.3, 0.4) is 0 Å². The molecule has 1 amide bonds. The van der Waals surface area contributed by atoms with Crippen molar-refractivity contribution in [1.29, 1.82) is 0 Å². The smallest absolute Gasteiger partial charge is 0.257 e. The predicted octanol–water partition coefficient (Wildman–Crippen LogP) is 4.52.